The maximum Gasteiger partial charge on any atom is 0.177 e. The zero-order chi connectivity index (χ0) is 13.4. The Morgan fingerprint density at radius 3 is 2.35 bits per heavy atom. The van der Waals surface area contributed by atoms with Gasteiger partial charge in [0.2, 0.25) is 0 Å². The van der Waals surface area contributed by atoms with Gasteiger partial charge in [-0.3, -0.25) is 9.59 Å². The number of Topliss-reactive ketones (excluding diaryl/α,β-unsaturated/α-hetero) is 2. The monoisotopic (exact) mass is 244 g/mol. The van der Waals surface area contributed by atoms with Gasteiger partial charge in [0.1, 0.15) is 12.2 Å². The van der Waals surface area contributed by atoms with E-state index in [1.54, 1.807) is 13.8 Å². The van der Waals surface area contributed by atoms with E-state index in [9.17, 15) is 9.59 Å². The molecule has 0 saturated heterocycles. The van der Waals surface area contributed by atoms with E-state index < -0.39 is 12.2 Å². The molecule has 0 fully saturated rings. The van der Waals surface area contributed by atoms with E-state index in [0.717, 1.165) is 0 Å². The molecule has 100 valence electrons. The van der Waals surface area contributed by atoms with Crippen molar-refractivity contribution in [3.8, 4) is 0 Å². The molecule has 0 saturated carbocycles. The first kappa shape index (κ1) is 16.2. The summed E-state index contributed by atoms with van der Waals surface area (Å²) in [4.78, 5) is 23.1. The summed E-state index contributed by atoms with van der Waals surface area (Å²) in [6, 6.07) is -0.307. The van der Waals surface area contributed by atoms with Crippen LogP contribution in [0, 0.1) is 0 Å². The highest BCUT2D eigenvalue weighted by atomic mass is 16.5. The van der Waals surface area contributed by atoms with Crippen molar-refractivity contribution in [2.45, 2.75) is 52.4 Å². The molecule has 0 aliphatic carbocycles. The number of hydrogen-bond donors (Lipinski definition) is 2. The molecule has 3 N–H and O–H groups in total. The fourth-order valence-corrected chi connectivity index (χ4v) is 1.55. The molecule has 0 amide bonds. The van der Waals surface area contributed by atoms with Gasteiger partial charge in [-0.1, -0.05) is 6.92 Å². The first-order valence-corrected chi connectivity index (χ1v) is 6.07. The second-order valence-electron chi connectivity index (χ2n) is 4.15. The molecule has 2 unspecified atom stereocenters. The van der Waals surface area contributed by atoms with Gasteiger partial charge in [-0.15, -0.1) is 0 Å². The van der Waals surface area contributed by atoms with Gasteiger partial charge in [0, 0.05) is 13.1 Å². The molecular weight excluding hydrogens is 220 g/mol. The lowest BCUT2D eigenvalue weighted by molar-refractivity contribution is -0.142. The van der Waals surface area contributed by atoms with Crippen molar-refractivity contribution in [2.75, 3.05) is 13.1 Å². The SMILES string of the molecule is CCC(O[C@H](C)C(=O)C(C)NCCN)C(C)=O. The topological polar surface area (TPSA) is 81.4 Å². The Bertz CT molecular complexity index is 256. The van der Waals surface area contributed by atoms with Crippen LogP contribution in [0.1, 0.15) is 34.1 Å². The lowest BCUT2D eigenvalue weighted by Crippen LogP contribution is -2.43. The van der Waals surface area contributed by atoms with Gasteiger partial charge in [0.05, 0.1) is 6.04 Å². The predicted octanol–water partition coefficient (Wildman–Crippen LogP) is 0.265. The predicted molar refractivity (Wildman–Crippen MR) is 66.8 cm³/mol. The van der Waals surface area contributed by atoms with Crippen LogP contribution in [-0.2, 0) is 14.3 Å². The summed E-state index contributed by atoms with van der Waals surface area (Å²) in [7, 11) is 0. The fraction of sp³-hybridized carbons (Fsp3) is 0.833. The molecule has 0 aromatic rings. The van der Waals surface area contributed by atoms with Crippen molar-refractivity contribution >= 4 is 11.6 Å². The van der Waals surface area contributed by atoms with Crippen molar-refractivity contribution in [1.82, 2.24) is 5.32 Å². The summed E-state index contributed by atoms with van der Waals surface area (Å²) in [5.41, 5.74) is 5.35. The number of hydrogen-bond acceptors (Lipinski definition) is 5. The van der Waals surface area contributed by atoms with Crippen molar-refractivity contribution in [3.05, 3.63) is 0 Å². The number of nitrogens with two attached hydrogens (primary N) is 1. The zero-order valence-electron chi connectivity index (χ0n) is 11.2. The Morgan fingerprint density at radius 2 is 1.94 bits per heavy atom. The normalized spacial score (nSPS) is 16.3. The minimum atomic E-state index is -0.580. The Labute approximate surface area is 103 Å². The van der Waals surface area contributed by atoms with Gasteiger partial charge in [-0.25, -0.2) is 0 Å². The highest BCUT2D eigenvalue weighted by Gasteiger charge is 2.24. The summed E-state index contributed by atoms with van der Waals surface area (Å²) < 4.78 is 5.45. The molecule has 0 spiro atoms. The summed E-state index contributed by atoms with van der Waals surface area (Å²) in [6.07, 6.45) is -0.489. The summed E-state index contributed by atoms with van der Waals surface area (Å²) in [5, 5.41) is 2.99. The number of ketones is 2. The minimum absolute atomic E-state index is 0.0466. The van der Waals surface area contributed by atoms with E-state index in [4.69, 9.17) is 10.5 Å². The number of carbonyl (C=O) groups is 2. The first-order chi connectivity index (χ1) is 7.93. The third-order valence-electron chi connectivity index (χ3n) is 2.61. The number of carbonyl (C=O) groups excluding carboxylic acids is 2. The fourth-order valence-electron chi connectivity index (χ4n) is 1.55. The van der Waals surface area contributed by atoms with Crippen LogP contribution in [-0.4, -0.2) is 42.9 Å². The number of rotatable bonds is 9. The maximum absolute atomic E-state index is 11.9. The van der Waals surface area contributed by atoms with Gasteiger partial charge in [0.25, 0.3) is 0 Å². The van der Waals surface area contributed by atoms with E-state index >= 15 is 0 Å². The molecule has 0 heterocycles. The van der Waals surface area contributed by atoms with Gasteiger partial charge in [0.15, 0.2) is 11.6 Å². The molecule has 5 nitrogen and oxygen atoms in total. The Balaban J connectivity index is 4.24. The van der Waals surface area contributed by atoms with Crippen LogP contribution in [0.4, 0.5) is 0 Å². The van der Waals surface area contributed by atoms with Crippen LogP contribution in [0.3, 0.4) is 0 Å². The maximum atomic E-state index is 11.9. The Hall–Kier alpha value is -0.780. The van der Waals surface area contributed by atoms with Gasteiger partial charge < -0.3 is 15.8 Å². The average molecular weight is 244 g/mol. The standard InChI is InChI=1S/C12H24N2O3/c1-5-11(9(3)15)17-10(4)12(16)8(2)14-7-6-13/h8,10-11,14H,5-7,13H2,1-4H3/t8?,10-,11?/m1/s1. The molecule has 0 aliphatic rings. The molecule has 0 aliphatic heterocycles. The van der Waals surface area contributed by atoms with Gasteiger partial charge in [-0.2, -0.15) is 0 Å². The second-order valence-corrected chi connectivity index (χ2v) is 4.15. The van der Waals surface area contributed by atoms with E-state index in [1.165, 1.54) is 6.92 Å². The van der Waals surface area contributed by atoms with Crippen LogP contribution in [0.2, 0.25) is 0 Å². The van der Waals surface area contributed by atoms with E-state index in [0.29, 0.717) is 19.5 Å². The first-order valence-electron chi connectivity index (χ1n) is 6.07. The largest absolute Gasteiger partial charge is 0.360 e. The van der Waals surface area contributed by atoms with Gasteiger partial charge >= 0.3 is 0 Å². The van der Waals surface area contributed by atoms with E-state index in [-0.39, 0.29) is 17.6 Å². The average Bonchev–Trinajstić information content (AvgIpc) is 2.30. The molecule has 0 aromatic carbocycles. The second kappa shape index (κ2) is 8.33. The van der Waals surface area contributed by atoms with Gasteiger partial charge in [-0.05, 0) is 27.2 Å². The van der Waals surface area contributed by atoms with Crippen molar-refractivity contribution in [1.29, 1.82) is 0 Å². The van der Waals surface area contributed by atoms with E-state index in [2.05, 4.69) is 5.32 Å². The molecule has 5 heteroatoms. The Morgan fingerprint density at radius 1 is 1.35 bits per heavy atom. The molecule has 0 rings (SSSR count). The lowest BCUT2D eigenvalue weighted by atomic mass is 10.1. The molecular formula is C12H24N2O3. The molecule has 17 heavy (non-hydrogen) atoms. The minimum Gasteiger partial charge on any atom is -0.360 e. The third kappa shape index (κ3) is 5.91. The lowest BCUT2D eigenvalue weighted by Gasteiger charge is -2.21. The van der Waals surface area contributed by atoms with Crippen LogP contribution >= 0.6 is 0 Å². The van der Waals surface area contributed by atoms with Crippen LogP contribution in [0.25, 0.3) is 0 Å². The quantitative estimate of drug-likeness (QED) is 0.608. The Kier molecular flexibility index (Phi) is 7.95. The van der Waals surface area contributed by atoms with Crippen molar-refractivity contribution < 1.29 is 14.3 Å². The zero-order valence-corrected chi connectivity index (χ0v) is 11.2. The van der Waals surface area contributed by atoms with Crippen LogP contribution in [0.15, 0.2) is 0 Å². The molecule has 0 bridgehead atoms. The number of ether oxygens (including phenoxy) is 1. The summed E-state index contributed by atoms with van der Waals surface area (Å²) in [5.74, 6) is -0.104. The molecule has 0 radical (unpaired) electrons. The van der Waals surface area contributed by atoms with Crippen LogP contribution in [0.5, 0.6) is 0 Å². The highest BCUT2D eigenvalue weighted by Crippen LogP contribution is 2.06. The van der Waals surface area contributed by atoms with E-state index in [1.807, 2.05) is 6.92 Å². The molecule has 3 atom stereocenters. The smallest absolute Gasteiger partial charge is 0.177 e. The van der Waals surface area contributed by atoms with Crippen molar-refractivity contribution in [2.24, 2.45) is 5.73 Å². The number of nitrogens with one attached hydrogen (secondary N) is 1. The van der Waals surface area contributed by atoms with Crippen molar-refractivity contribution in [3.63, 3.8) is 0 Å². The summed E-state index contributed by atoms with van der Waals surface area (Å²) >= 11 is 0. The summed E-state index contributed by atoms with van der Waals surface area (Å²) in [6.45, 7) is 7.85. The highest BCUT2D eigenvalue weighted by molar-refractivity contribution is 5.88. The van der Waals surface area contributed by atoms with Crippen LogP contribution < -0.4 is 11.1 Å². The molecule has 0 aromatic heterocycles. The third-order valence-corrected chi connectivity index (χ3v) is 2.61.